The van der Waals surface area contributed by atoms with Gasteiger partial charge in [0.15, 0.2) is 0 Å². The van der Waals surface area contributed by atoms with Crippen molar-refractivity contribution in [2.45, 2.75) is 6.42 Å². The number of nitrogens with zero attached hydrogens (tertiary/aromatic N) is 3. The summed E-state index contributed by atoms with van der Waals surface area (Å²) in [5, 5.41) is 9.74. The third-order valence-corrected chi connectivity index (χ3v) is 2.49. The van der Waals surface area contributed by atoms with E-state index >= 15 is 0 Å². The van der Waals surface area contributed by atoms with Gasteiger partial charge >= 0.3 is 0 Å². The number of nitriles is 1. The van der Waals surface area contributed by atoms with Crippen molar-refractivity contribution in [3.05, 3.63) is 35.9 Å². The van der Waals surface area contributed by atoms with Gasteiger partial charge in [0.1, 0.15) is 5.82 Å². The van der Waals surface area contributed by atoms with E-state index in [0.29, 0.717) is 28.7 Å². The summed E-state index contributed by atoms with van der Waals surface area (Å²) in [5.74, 6) is 0.422. The number of rotatable bonds is 2. The van der Waals surface area contributed by atoms with Crippen LogP contribution in [0.25, 0.3) is 10.9 Å². The number of allylic oxidation sites excluding steroid dienone is 1. The highest BCUT2D eigenvalue weighted by Gasteiger charge is 2.11. The zero-order valence-corrected chi connectivity index (χ0v) is 9.14. The molecule has 0 aliphatic rings. The quantitative estimate of drug-likeness (QED) is 0.752. The van der Waals surface area contributed by atoms with Crippen molar-refractivity contribution in [1.29, 1.82) is 5.26 Å². The van der Waals surface area contributed by atoms with E-state index in [9.17, 15) is 0 Å². The van der Waals surface area contributed by atoms with E-state index in [2.05, 4.69) is 22.6 Å². The van der Waals surface area contributed by atoms with Gasteiger partial charge < -0.3 is 11.5 Å². The third kappa shape index (κ3) is 1.76. The van der Waals surface area contributed by atoms with Gasteiger partial charge in [0, 0.05) is 5.39 Å². The Hall–Kier alpha value is -2.61. The first-order valence-electron chi connectivity index (χ1n) is 5.03. The summed E-state index contributed by atoms with van der Waals surface area (Å²) < 4.78 is 0. The molecule has 0 saturated carbocycles. The average molecular weight is 225 g/mol. The van der Waals surface area contributed by atoms with Crippen LogP contribution in [0.4, 0.5) is 11.8 Å². The molecular formula is C12H11N5. The average Bonchev–Trinajstić information content (AvgIpc) is 2.29. The van der Waals surface area contributed by atoms with E-state index in [0.717, 1.165) is 5.56 Å². The van der Waals surface area contributed by atoms with Crippen LogP contribution >= 0.6 is 0 Å². The molecule has 5 nitrogen and oxygen atoms in total. The second-order valence-corrected chi connectivity index (χ2v) is 3.56. The zero-order chi connectivity index (χ0) is 12.4. The molecule has 0 aliphatic carbocycles. The molecule has 0 aliphatic heterocycles. The Labute approximate surface area is 98.4 Å². The van der Waals surface area contributed by atoms with Gasteiger partial charge in [-0.05, 0) is 24.1 Å². The van der Waals surface area contributed by atoms with Crippen LogP contribution in [0, 0.1) is 11.3 Å². The van der Waals surface area contributed by atoms with Crippen molar-refractivity contribution >= 4 is 22.7 Å². The minimum atomic E-state index is 0.129. The molecule has 1 aromatic carbocycles. The van der Waals surface area contributed by atoms with E-state index in [1.54, 1.807) is 18.2 Å². The molecule has 0 unspecified atom stereocenters. The van der Waals surface area contributed by atoms with Crippen molar-refractivity contribution in [3.8, 4) is 6.07 Å². The van der Waals surface area contributed by atoms with Crippen LogP contribution in [-0.4, -0.2) is 9.97 Å². The Morgan fingerprint density at radius 2 is 2.12 bits per heavy atom. The number of anilines is 2. The number of aromatic nitrogens is 2. The summed E-state index contributed by atoms with van der Waals surface area (Å²) in [7, 11) is 0. The standard InChI is InChI=1S/C12H11N5/c1-2-3-8-7(6-13)4-5-9-10(8)11(14)17-12(15)16-9/h2,4-5H,1,3H2,(H4,14,15,16,17). The zero-order valence-electron chi connectivity index (χ0n) is 9.14. The second-order valence-electron chi connectivity index (χ2n) is 3.56. The number of benzene rings is 1. The number of hydrogen-bond donors (Lipinski definition) is 2. The van der Waals surface area contributed by atoms with Crippen LogP contribution in [0.15, 0.2) is 24.8 Å². The monoisotopic (exact) mass is 225 g/mol. The molecule has 4 N–H and O–H groups in total. The van der Waals surface area contributed by atoms with Crippen LogP contribution in [0.3, 0.4) is 0 Å². The van der Waals surface area contributed by atoms with Crippen LogP contribution < -0.4 is 11.5 Å². The lowest BCUT2D eigenvalue weighted by molar-refractivity contribution is 1.21. The van der Waals surface area contributed by atoms with Crippen molar-refractivity contribution < 1.29 is 0 Å². The first kappa shape index (κ1) is 10.9. The smallest absolute Gasteiger partial charge is 0.222 e. The summed E-state index contributed by atoms with van der Waals surface area (Å²) in [6.45, 7) is 3.67. The van der Waals surface area contributed by atoms with Gasteiger partial charge in [-0.15, -0.1) is 6.58 Å². The van der Waals surface area contributed by atoms with Crippen LogP contribution in [0.2, 0.25) is 0 Å². The lowest BCUT2D eigenvalue weighted by atomic mass is 10.00. The van der Waals surface area contributed by atoms with Gasteiger partial charge in [0.25, 0.3) is 0 Å². The van der Waals surface area contributed by atoms with Crippen LogP contribution in [0.1, 0.15) is 11.1 Å². The molecule has 0 saturated heterocycles. The van der Waals surface area contributed by atoms with E-state index in [-0.39, 0.29) is 5.95 Å². The van der Waals surface area contributed by atoms with Gasteiger partial charge in [-0.1, -0.05) is 6.08 Å². The Kier molecular flexibility index (Phi) is 2.63. The molecule has 84 valence electrons. The Balaban J connectivity index is 2.89. The Morgan fingerprint density at radius 1 is 1.35 bits per heavy atom. The van der Waals surface area contributed by atoms with Crippen molar-refractivity contribution in [2.75, 3.05) is 11.5 Å². The molecule has 1 heterocycles. The molecule has 2 rings (SSSR count). The maximum Gasteiger partial charge on any atom is 0.222 e. The molecule has 17 heavy (non-hydrogen) atoms. The number of fused-ring (bicyclic) bond motifs is 1. The molecule has 0 fully saturated rings. The fourth-order valence-electron chi connectivity index (χ4n) is 1.80. The van der Waals surface area contributed by atoms with Crippen LogP contribution in [-0.2, 0) is 6.42 Å². The summed E-state index contributed by atoms with van der Waals surface area (Å²) in [6.07, 6.45) is 2.25. The van der Waals surface area contributed by atoms with Crippen LogP contribution in [0.5, 0.6) is 0 Å². The molecule has 0 spiro atoms. The summed E-state index contributed by atoms with van der Waals surface area (Å²) >= 11 is 0. The third-order valence-electron chi connectivity index (χ3n) is 2.49. The fourth-order valence-corrected chi connectivity index (χ4v) is 1.80. The van der Waals surface area contributed by atoms with Gasteiger partial charge in [0.2, 0.25) is 5.95 Å². The fraction of sp³-hybridized carbons (Fsp3) is 0.0833. The minimum absolute atomic E-state index is 0.129. The molecule has 1 aromatic heterocycles. The highest BCUT2D eigenvalue weighted by molar-refractivity contribution is 5.93. The summed E-state index contributed by atoms with van der Waals surface area (Å²) in [4.78, 5) is 8.02. The van der Waals surface area contributed by atoms with Gasteiger partial charge in [-0.2, -0.15) is 10.2 Å². The number of hydrogen-bond acceptors (Lipinski definition) is 5. The molecule has 2 aromatic rings. The number of nitrogen functional groups attached to an aromatic ring is 2. The molecule has 0 atom stereocenters. The Bertz CT molecular complexity index is 639. The van der Waals surface area contributed by atoms with E-state index in [1.165, 1.54) is 0 Å². The summed E-state index contributed by atoms with van der Waals surface area (Å²) in [6, 6.07) is 5.54. The number of nitrogens with two attached hydrogens (primary N) is 2. The molecule has 5 heteroatoms. The SMILES string of the molecule is C=CCc1c(C#N)ccc2nc(N)nc(N)c12. The topological polar surface area (TPSA) is 102 Å². The lowest BCUT2D eigenvalue weighted by Gasteiger charge is -2.08. The van der Waals surface area contributed by atoms with E-state index in [4.69, 9.17) is 16.7 Å². The largest absolute Gasteiger partial charge is 0.383 e. The molecule has 0 bridgehead atoms. The molecule has 0 amide bonds. The van der Waals surface area contributed by atoms with Gasteiger partial charge in [0.05, 0.1) is 17.1 Å². The highest BCUT2D eigenvalue weighted by Crippen LogP contribution is 2.26. The highest BCUT2D eigenvalue weighted by atomic mass is 15.0. The maximum absolute atomic E-state index is 9.06. The maximum atomic E-state index is 9.06. The predicted molar refractivity (Wildman–Crippen MR) is 67.0 cm³/mol. The first-order chi connectivity index (χ1) is 8.17. The van der Waals surface area contributed by atoms with Crippen molar-refractivity contribution in [1.82, 2.24) is 9.97 Å². The Morgan fingerprint density at radius 3 is 2.76 bits per heavy atom. The van der Waals surface area contributed by atoms with E-state index in [1.807, 2.05) is 0 Å². The first-order valence-corrected chi connectivity index (χ1v) is 5.03. The van der Waals surface area contributed by atoms with Crippen molar-refractivity contribution in [2.24, 2.45) is 0 Å². The normalized spacial score (nSPS) is 10.1. The van der Waals surface area contributed by atoms with Gasteiger partial charge in [-0.3, -0.25) is 0 Å². The lowest BCUT2D eigenvalue weighted by Crippen LogP contribution is -2.03. The summed E-state index contributed by atoms with van der Waals surface area (Å²) in [5.41, 5.74) is 13.4. The minimum Gasteiger partial charge on any atom is -0.383 e. The molecular weight excluding hydrogens is 214 g/mol. The van der Waals surface area contributed by atoms with Crippen molar-refractivity contribution in [3.63, 3.8) is 0 Å². The molecule has 0 radical (unpaired) electrons. The second kappa shape index (κ2) is 4.10. The predicted octanol–water partition coefficient (Wildman–Crippen LogP) is 1.39. The van der Waals surface area contributed by atoms with Gasteiger partial charge in [-0.25, -0.2) is 4.98 Å². The van der Waals surface area contributed by atoms with E-state index < -0.39 is 0 Å².